The number of ether oxygens (including phenoxy) is 1. The second-order valence-electron chi connectivity index (χ2n) is 6.05. The maximum Gasteiger partial charge on any atom is 0.295 e. The molecule has 1 amide bonds. The van der Waals surface area contributed by atoms with Crippen LogP contribution in [0.4, 0.5) is 0 Å². The number of carbonyl (C=O) groups is 2. The number of benzene rings is 2. The van der Waals surface area contributed by atoms with Crippen LogP contribution in [0.2, 0.25) is 0 Å². The van der Waals surface area contributed by atoms with Crippen LogP contribution in [0.3, 0.4) is 0 Å². The van der Waals surface area contributed by atoms with Gasteiger partial charge in [-0.15, -0.1) is 0 Å². The number of amides is 1. The van der Waals surface area contributed by atoms with Crippen molar-refractivity contribution in [2.24, 2.45) is 0 Å². The predicted molar refractivity (Wildman–Crippen MR) is 107 cm³/mol. The third-order valence-corrected chi connectivity index (χ3v) is 4.77. The molecule has 1 unspecified atom stereocenters. The fourth-order valence-electron chi connectivity index (χ4n) is 3.21. The van der Waals surface area contributed by atoms with Crippen LogP contribution in [-0.2, 0) is 9.59 Å². The maximum absolute atomic E-state index is 12.7. The van der Waals surface area contributed by atoms with Gasteiger partial charge in [0.2, 0.25) is 0 Å². The van der Waals surface area contributed by atoms with Gasteiger partial charge in [-0.1, -0.05) is 58.4 Å². The Morgan fingerprint density at radius 1 is 1.11 bits per heavy atom. The lowest BCUT2D eigenvalue weighted by Crippen LogP contribution is -2.31. The molecule has 2 aromatic carbocycles. The molecule has 0 aromatic heterocycles. The SMILES string of the molecule is CCOc1ccc(C2/C(=C(\O)c3ccccc3)C(=O)C(=O)N2CCBr)cc1. The summed E-state index contributed by atoms with van der Waals surface area (Å²) in [6.45, 7) is 2.81. The molecule has 2 aromatic rings. The van der Waals surface area contributed by atoms with Crippen molar-refractivity contribution in [1.82, 2.24) is 4.90 Å². The Hall–Kier alpha value is -2.60. The number of aliphatic hydroxyl groups excluding tert-OH is 1. The highest BCUT2D eigenvalue weighted by Crippen LogP contribution is 2.39. The highest BCUT2D eigenvalue weighted by atomic mass is 79.9. The molecule has 1 N–H and O–H groups in total. The summed E-state index contributed by atoms with van der Waals surface area (Å²) in [6, 6.07) is 15.4. The van der Waals surface area contributed by atoms with Crippen molar-refractivity contribution < 1.29 is 19.4 Å². The average molecular weight is 430 g/mol. The van der Waals surface area contributed by atoms with Crippen LogP contribution >= 0.6 is 15.9 Å². The number of aliphatic hydroxyl groups is 1. The van der Waals surface area contributed by atoms with Gasteiger partial charge in [-0.3, -0.25) is 9.59 Å². The summed E-state index contributed by atoms with van der Waals surface area (Å²) in [5.74, 6) is -0.728. The van der Waals surface area contributed by atoms with Gasteiger partial charge < -0.3 is 14.7 Å². The zero-order valence-electron chi connectivity index (χ0n) is 14.9. The number of ketones is 1. The largest absolute Gasteiger partial charge is 0.507 e. The normalized spacial score (nSPS) is 18.7. The number of hydrogen-bond donors (Lipinski definition) is 1. The Balaban J connectivity index is 2.11. The first-order valence-electron chi connectivity index (χ1n) is 8.71. The standard InChI is InChI=1S/C21H20BrNO4/c1-2-27-16-10-8-14(9-11-16)18-17(19(24)15-6-4-3-5-7-15)20(25)21(26)23(18)13-12-22/h3-11,18,24H,2,12-13H2,1H3/b19-17+. The van der Waals surface area contributed by atoms with Crippen LogP contribution in [0, 0.1) is 0 Å². The molecule has 1 saturated heterocycles. The van der Waals surface area contributed by atoms with Crippen molar-refractivity contribution in [3.05, 3.63) is 71.3 Å². The fourth-order valence-corrected chi connectivity index (χ4v) is 3.59. The maximum atomic E-state index is 12.7. The predicted octanol–water partition coefficient (Wildman–Crippen LogP) is 3.90. The number of rotatable bonds is 6. The highest BCUT2D eigenvalue weighted by Gasteiger charge is 2.45. The van der Waals surface area contributed by atoms with Gasteiger partial charge in [0.1, 0.15) is 11.5 Å². The van der Waals surface area contributed by atoms with Crippen molar-refractivity contribution in [2.45, 2.75) is 13.0 Å². The molecule has 5 nitrogen and oxygen atoms in total. The molecule has 3 rings (SSSR count). The molecular formula is C21H20BrNO4. The number of carbonyl (C=O) groups excluding carboxylic acids is 2. The Labute approximate surface area is 166 Å². The van der Waals surface area contributed by atoms with E-state index in [1.54, 1.807) is 36.4 Å². The lowest BCUT2D eigenvalue weighted by molar-refractivity contribution is -0.139. The molecule has 1 fully saturated rings. The number of Topliss-reactive ketones (excluding diaryl/α,β-unsaturated/α-hetero) is 1. The van der Waals surface area contributed by atoms with Gasteiger partial charge in [-0.05, 0) is 24.6 Å². The molecular weight excluding hydrogens is 410 g/mol. The quantitative estimate of drug-likeness (QED) is 0.327. The van der Waals surface area contributed by atoms with E-state index in [-0.39, 0.29) is 11.3 Å². The molecule has 1 heterocycles. The van der Waals surface area contributed by atoms with E-state index < -0.39 is 17.7 Å². The van der Waals surface area contributed by atoms with E-state index in [0.29, 0.717) is 29.8 Å². The Kier molecular flexibility index (Phi) is 5.96. The molecule has 1 aliphatic rings. The highest BCUT2D eigenvalue weighted by molar-refractivity contribution is 9.09. The zero-order chi connectivity index (χ0) is 19.4. The lowest BCUT2D eigenvalue weighted by atomic mass is 9.95. The van der Waals surface area contributed by atoms with Crippen LogP contribution in [-0.4, -0.2) is 40.2 Å². The molecule has 0 saturated carbocycles. The van der Waals surface area contributed by atoms with Crippen molar-refractivity contribution in [3.63, 3.8) is 0 Å². The van der Waals surface area contributed by atoms with Crippen molar-refractivity contribution in [3.8, 4) is 5.75 Å². The van der Waals surface area contributed by atoms with Gasteiger partial charge in [0, 0.05) is 17.4 Å². The number of halogens is 1. The summed E-state index contributed by atoms with van der Waals surface area (Å²) in [5.41, 5.74) is 1.36. The van der Waals surface area contributed by atoms with E-state index in [0.717, 1.165) is 5.56 Å². The Bertz CT molecular complexity index is 862. The minimum Gasteiger partial charge on any atom is -0.507 e. The van der Waals surface area contributed by atoms with Gasteiger partial charge in [0.05, 0.1) is 18.2 Å². The van der Waals surface area contributed by atoms with Gasteiger partial charge in [0.15, 0.2) is 0 Å². The third-order valence-electron chi connectivity index (χ3n) is 4.42. The smallest absolute Gasteiger partial charge is 0.295 e. The van der Waals surface area contributed by atoms with Crippen LogP contribution in [0.1, 0.15) is 24.1 Å². The first kappa shape index (κ1) is 19.2. The third kappa shape index (κ3) is 3.76. The van der Waals surface area contributed by atoms with Crippen LogP contribution in [0.25, 0.3) is 5.76 Å². The van der Waals surface area contributed by atoms with E-state index in [4.69, 9.17) is 4.74 Å². The summed E-state index contributed by atoms with van der Waals surface area (Å²) < 4.78 is 5.47. The molecule has 140 valence electrons. The molecule has 0 aliphatic carbocycles. The molecule has 1 atom stereocenters. The van der Waals surface area contributed by atoms with Crippen LogP contribution in [0.15, 0.2) is 60.2 Å². The molecule has 0 bridgehead atoms. The lowest BCUT2D eigenvalue weighted by Gasteiger charge is -2.24. The first-order chi connectivity index (χ1) is 13.1. The monoisotopic (exact) mass is 429 g/mol. The molecule has 0 radical (unpaired) electrons. The Morgan fingerprint density at radius 3 is 2.37 bits per heavy atom. The van der Waals surface area contributed by atoms with Gasteiger partial charge in [0.25, 0.3) is 11.7 Å². The minimum absolute atomic E-state index is 0.108. The minimum atomic E-state index is -0.670. The van der Waals surface area contributed by atoms with E-state index in [1.807, 2.05) is 25.1 Å². The zero-order valence-corrected chi connectivity index (χ0v) is 16.5. The van der Waals surface area contributed by atoms with Gasteiger partial charge in [-0.2, -0.15) is 0 Å². The van der Waals surface area contributed by atoms with Gasteiger partial charge in [-0.25, -0.2) is 0 Å². The summed E-state index contributed by atoms with van der Waals surface area (Å²) >= 11 is 3.34. The van der Waals surface area contributed by atoms with Crippen LogP contribution < -0.4 is 4.74 Å². The summed E-state index contributed by atoms with van der Waals surface area (Å²) in [5, 5.41) is 11.3. The molecule has 27 heavy (non-hydrogen) atoms. The second-order valence-corrected chi connectivity index (χ2v) is 6.84. The van der Waals surface area contributed by atoms with Crippen molar-refractivity contribution in [2.75, 3.05) is 18.5 Å². The Morgan fingerprint density at radius 2 is 1.78 bits per heavy atom. The van der Waals surface area contributed by atoms with Crippen LogP contribution in [0.5, 0.6) is 5.75 Å². The molecule has 6 heteroatoms. The average Bonchev–Trinajstić information content (AvgIpc) is 2.94. The molecule has 0 spiro atoms. The fraction of sp³-hybridized carbons (Fsp3) is 0.238. The molecule has 1 aliphatic heterocycles. The number of nitrogens with zero attached hydrogens (tertiary/aromatic N) is 1. The van der Waals surface area contributed by atoms with Crippen molar-refractivity contribution >= 4 is 33.4 Å². The van der Waals surface area contributed by atoms with E-state index in [9.17, 15) is 14.7 Å². The number of likely N-dealkylation sites (tertiary alicyclic amines) is 1. The van der Waals surface area contributed by atoms with E-state index in [2.05, 4.69) is 15.9 Å². The summed E-state index contributed by atoms with van der Waals surface area (Å²) in [6.07, 6.45) is 0. The second kappa shape index (κ2) is 8.39. The summed E-state index contributed by atoms with van der Waals surface area (Å²) in [7, 11) is 0. The van der Waals surface area contributed by atoms with E-state index >= 15 is 0 Å². The number of hydrogen-bond acceptors (Lipinski definition) is 4. The van der Waals surface area contributed by atoms with Gasteiger partial charge >= 0.3 is 0 Å². The topological polar surface area (TPSA) is 66.8 Å². The van der Waals surface area contributed by atoms with Crippen molar-refractivity contribution in [1.29, 1.82) is 0 Å². The first-order valence-corrected chi connectivity index (χ1v) is 9.83. The van der Waals surface area contributed by atoms with E-state index in [1.165, 1.54) is 4.90 Å². The summed E-state index contributed by atoms with van der Waals surface area (Å²) in [4.78, 5) is 26.8. The number of alkyl halides is 1.